The fourth-order valence-electron chi connectivity index (χ4n) is 1.13. The summed E-state index contributed by atoms with van der Waals surface area (Å²) in [6, 6.07) is -0.396. The van der Waals surface area contributed by atoms with Gasteiger partial charge in [-0.1, -0.05) is 12.1 Å². The van der Waals surface area contributed by atoms with Gasteiger partial charge in [-0.2, -0.15) is 4.98 Å². The summed E-state index contributed by atoms with van der Waals surface area (Å²) >= 11 is 0. The number of nitrogens with zero attached hydrogens (tertiary/aromatic N) is 2. The molecule has 1 aromatic rings. The number of rotatable bonds is 6. The van der Waals surface area contributed by atoms with Gasteiger partial charge in [0.05, 0.1) is 6.54 Å². The number of aliphatic carboxylic acids is 1. The predicted molar refractivity (Wildman–Crippen MR) is 56.0 cm³/mol. The number of carboxylic acids is 1. The third kappa shape index (κ3) is 5.50. The lowest BCUT2D eigenvalue weighted by Gasteiger charge is -2.10. The zero-order chi connectivity index (χ0) is 12.7. The van der Waals surface area contributed by atoms with Crippen molar-refractivity contribution in [2.75, 3.05) is 6.54 Å². The molecule has 94 valence electrons. The molecule has 1 atom stereocenters. The van der Waals surface area contributed by atoms with Crippen molar-refractivity contribution in [3.63, 3.8) is 0 Å². The lowest BCUT2D eigenvalue weighted by Crippen LogP contribution is -2.37. The van der Waals surface area contributed by atoms with Crippen molar-refractivity contribution in [1.29, 1.82) is 0 Å². The first-order chi connectivity index (χ1) is 8.08. The molecule has 2 amide bonds. The highest BCUT2D eigenvalue weighted by atomic mass is 16.5. The van der Waals surface area contributed by atoms with Crippen LogP contribution in [0.1, 0.15) is 19.2 Å². The highest BCUT2D eigenvalue weighted by Gasteiger charge is 2.09. The number of carbonyl (C=O) groups excluding carboxylic acids is 1. The molecule has 1 heterocycles. The molecular weight excluding hydrogens is 228 g/mol. The highest BCUT2D eigenvalue weighted by molar-refractivity contribution is 5.73. The van der Waals surface area contributed by atoms with Crippen LogP contribution in [0.15, 0.2) is 10.9 Å². The number of urea groups is 1. The van der Waals surface area contributed by atoms with Crippen LogP contribution >= 0.6 is 0 Å². The zero-order valence-electron chi connectivity index (χ0n) is 9.34. The Morgan fingerprint density at radius 3 is 2.88 bits per heavy atom. The van der Waals surface area contributed by atoms with Crippen molar-refractivity contribution < 1.29 is 19.2 Å². The molecule has 17 heavy (non-hydrogen) atoms. The molecular formula is C9H14N4O4. The van der Waals surface area contributed by atoms with Crippen LogP contribution < -0.4 is 10.6 Å². The second kappa shape index (κ2) is 6.46. The van der Waals surface area contributed by atoms with Crippen molar-refractivity contribution in [2.45, 2.75) is 19.9 Å². The van der Waals surface area contributed by atoms with E-state index < -0.39 is 12.0 Å². The summed E-state index contributed by atoms with van der Waals surface area (Å²) in [5, 5.41) is 17.1. The highest BCUT2D eigenvalue weighted by Crippen LogP contribution is 1.98. The van der Waals surface area contributed by atoms with E-state index >= 15 is 0 Å². The van der Waals surface area contributed by atoms with Gasteiger partial charge >= 0.3 is 12.0 Å². The van der Waals surface area contributed by atoms with Crippen LogP contribution in [0.2, 0.25) is 0 Å². The summed E-state index contributed by atoms with van der Waals surface area (Å²) in [7, 11) is 0. The molecule has 0 fully saturated rings. The molecule has 3 N–H and O–H groups in total. The average Bonchev–Trinajstić information content (AvgIpc) is 2.75. The molecule has 0 aliphatic carbocycles. The third-order valence-corrected chi connectivity index (χ3v) is 1.95. The lowest BCUT2D eigenvalue weighted by molar-refractivity contribution is -0.137. The Hall–Kier alpha value is -2.12. The third-order valence-electron chi connectivity index (χ3n) is 1.95. The van der Waals surface area contributed by atoms with Gasteiger partial charge in [-0.25, -0.2) is 4.79 Å². The maximum atomic E-state index is 11.3. The summed E-state index contributed by atoms with van der Waals surface area (Å²) in [6.45, 7) is 2.20. The summed E-state index contributed by atoms with van der Waals surface area (Å²) in [5.74, 6) is -0.631. The number of nitrogens with one attached hydrogen (secondary N) is 2. The van der Waals surface area contributed by atoms with E-state index in [2.05, 4.69) is 25.3 Å². The van der Waals surface area contributed by atoms with E-state index in [1.807, 2.05) is 0 Å². The Kier molecular flexibility index (Phi) is 4.92. The molecule has 0 spiro atoms. The Morgan fingerprint density at radius 2 is 2.29 bits per heavy atom. The Labute approximate surface area is 97.4 Å². The molecule has 0 radical (unpaired) electrons. The number of aromatic nitrogens is 2. The fourth-order valence-corrected chi connectivity index (χ4v) is 1.13. The number of amides is 2. The van der Waals surface area contributed by atoms with Gasteiger partial charge in [-0.3, -0.25) is 4.79 Å². The van der Waals surface area contributed by atoms with Gasteiger partial charge in [0.2, 0.25) is 6.39 Å². The standard InChI is InChI=1S/C9H14N4O4/c1-6(2-8(14)15)3-10-9(16)11-4-7-12-5-17-13-7/h5-6H,2-4H2,1H3,(H,14,15)(H2,10,11,16). The van der Waals surface area contributed by atoms with E-state index in [9.17, 15) is 9.59 Å². The van der Waals surface area contributed by atoms with Crippen LogP contribution in [0.5, 0.6) is 0 Å². The van der Waals surface area contributed by atoms with E-state index in [0.717, 1.165) is 0 Å². The van der Waals surface area contributed by atoms with Crippen molar-refractivity contribution >= 4 is 12.0 Å². The molecule has 0 aromatic carbocycles. The van der Waals surface area contributed by atoms with Gasteiger partial charge in [0.25, 0.3) is 0 Å². The normalized spacial score (nSPS) is 11.8. The van der Waals surface area contributed by atoms with E-state index in [4.69, 9.17) is 5.11 Å². The largest absolute Gasteiger partial charge is 0.481 e. The lowest BCUT2D eigenvalue weighted by atomic mass is 10.1. The minimum Gasteiger partial charge on any atom is -0.481 e. The van der Waals surface area contributed by atoms with Crippen LogP contribution in [0.25, 0.3) is 0 Å². The Balaban J connectivity index is 2.15. The van der Waals surface area contributed by atoms with E-state index in [1.54, 1.807) is 6.92 Å². The summed E-state index contributed by atoms with van der Waals surface area (Å²) in [5.41, 5.74) is 0. The average molecular weight is 242 g/mol. The van der Waals surface area contributed by atoms with E-state index in [0.29, 0.717) is 12.4 Å². The monoisotopic (exact) mass is 242 g/mol. The number of carboxylic acid groups (broad SMARTS) is 1. The van der Waals surface area contributed by atoms with Gasteiger partial charge in [0, 0.05) is 13.0 Å². The molecule has 0 aliphatic heterocycles. The first kappa shape index (κ1) is 12.9. The molecule has 0 saturated heterocycles. The maximum Gasteiger partial charge on any atom is 0.315 e. The first-order valence-electron chi connectivity index (χ1n) is 5.06. The van der Waals surface area contributed by atoms with Crippen LogP contribution in [-0.4, -0.2) is 33.8 Å². The molecule has 1 rings (SSSR count). The van der Waals surface area contributed by atoms with Gasteiger partial charge in [-0.15, -0.1) is 0 Å². The second-order valence-corrected chi connectivity index (χ2v) is 3.61. The molecule has 0 saturated carbocycles. The number of hydrogen-bond donors (Lipinski definition) is 3. The Bertz CT molecular complexity index is 365. The molecule has 0 bridgehead atoms. The van der Waals surface area contributed by atoms with Gasteiger partial charge < -0.3 is 20.3 Å². The fraction of sp³-hybridized carbons (Fsp3) is 0.556. The zero-order valence-corrected chi connectivity index (χ0v) is 9.34. The molecule has 1 unspecified atom stereocenters. The first-order valence-corrected chi connectivity index (χ1v) is 5.06. The molecule has 0 aliphatic rings. The van der Waals surface area contributed by atoms with E-state index in [1.165, 1.54) is 6.39 Å². The summed E-state index contributed by atoms with van der Waals surface area (Å²) in [4.78, 5) is 25.4. The van der Waals surface area contributed by atoms with E-state index in [-0.39, 0.29) is 18.9 Å². The van der Waals surface area contributed by atoms with Gasteiger partial charge in [-0.05, 0) is 5.92 Å². The van der Waals surface area contributed by atoms with Crippen molar-refractivity contribution in [2.24, 2.45) is 5.92 Å². The van der Waals surface area contributed by atoms with Crippen LogP contribution in [0.3, 0.4) is 0 Å². The second-order valence-electron chi connectivity index (χ2n) is 3.61. The maximum absolute atomic E-state index is 11.3. The SMILES string of the molecule is CC(CNC(=O)NCc1ncon1)CC(=O)O. The number of hydrogen-bond acceptors (Lipinski definition) is 5. The minimum atomic E-state index is -0.883. The summed E-state index contributed by atoms with van der Waals surface area (Å²) < 4.78 is 4.49. The predicted octanol–water partition coefficient (Wildman–Crippen LogP) is -0.0204. The summed E-state index contributed by atoms with van der Waals surface area (Å²) in [6.07, 6.45) is 1.19. The van der Waals surface area contributed by atoms with Crippen molar-refractivity contribution in [3.05, 3.63) is 12.2 Å². The topological polar surface area (TPSA) is 117 Å². The Morgan fingerprint density at radius 1 is 1.53 bits per heavy atom. The quantitative estimate of drug-likeness (QED) is 0.645. The van der Waals surface area contributed by atoms with Crippen LogP contribution in [0, 0.1) is 5.92 Å². The van der Waals surface area contributed by atoms with Crippen molar-refractivity contribution in [3.8, 4) is 0 Å². The molecule has 1 aromatic heterocycles. The minimum absolute atomic E-state index is 0.0190. The van der Waals surface area contributed by atoms with Crippen molar-refractivity contribution in [1.82, 2.24) is 20.8 Å². The van der Waals surface area contributed by atoms with Crippen LogP contribution in [0.4, 0.5) is 4.79 Å². The van der Waals surface area contributed by atoms with Gasteiger partial charge in [0.1, 0.15) is 0 Å². The van der Waals surface area contributed by atoms with Crippen LogP contribution in [-0.2, 0) is 11.3 Å². The smallest absolute Gasteiger partial charge is 0.315 e. The van der Waals surface area contributed by atoms with Gasteiger partial charge in [0.15, 0.2) is 5.82 Å². The number of carbonyl (C=O) groups is 2. The molecule has 8 heteroatoms. The molecule has 8 nitrogen and oxygen atoms in total.